The molecule has 4 aromatic carbocycles. The molecule has 0 saturated carbocycles. The number of methoxy groups -OCH3 is 2. The van der Waals surface area contributed by atoms with Crippen LogP contribution in [-0.4, -0.2) is 75.5 Å². The molecule has 1 unspecified atom stereocenters. The van der Waals surface area contributed by atoms with Crippen LogP contribution in [0.15, 0.2) is 107 Å². The van der Waals surface area contributed by atoms with E-state index in [0.717, 1.165) is 5.75 Å². The smallest absolute Gasteiger partial charge is 0.245 e. The summed E-state index contributed by atoms with van der Waals surface area (Å²) in [5.41, 5.74) is 1.27. The lowest BCUT2D eigenvalue weighted by Gasteiger charge is -2.28. The number of nitrogens with one attached hydrogen (secondary N) is 1. The molecule has 0 radical (unpaired) electrons. The molecule has 6 rings (SSSR count). The molecule has 0 bridgehead atoms. The molecule has 2 aliphatic rings. The third kappa shape index (κ3) is 8.68. The molecule has 2 heterocycles. The van der Waals surface area contributed by atoms with Gasteiger partial charge in [0, 0.05) is 33.8 Å². The summed E-state index contributed by atoms with van der Waals surface area (Å²) in [7, 11) is -4.31. The highest BCUT2D eigenvalue weighted by Gasteiger charge is 2.47. The number of para-hydroxylation sites is 1. The Kier molecular flexibility index (Phi) is 12.5. The molecule has 260 valence electrons. The van der Waals surface area contributed by atoms with Gasteiger partial charge in [-0.05, 0) is 78.4 Å². The Balaban J connectivity index is 0.000000259. The number of hydrogen-bond donors (Lipinski definition) is 1. The van der Waals surface area contributed by atoms with Crippen molar-refractivity contribution in [3.05, 3.63) is 113 Å². The fourth-order valence-electron chi connectivity index (χ4n) is 5.04. The van der Waals surface area contributed by atoms with Crippen LogP contribution in [0.3, 0.4) is 0 Å². The number of halogens is 2. The van der Waals surface area contributed by atoms with Crippen LogP contribution in [-0.2, 0) is 24.8 Å². The number of sulfonamides is 2. The van der Waals surface area contributed by atoms with Crippen molar-refractivity contribution in [3.8, 4) is 11.5 Å². The van der Waals surface area contributed by atoms with Crippen molar-refractivity contribution < 1.29 is 31.1 Å². The van der Waals surface area contributed by atoms with Gasteiger partial charge in [0.25, 0.3) is 0 Å². The lowest BCUT2D eigenvalue weighted by atomic mass is 10.2. The van der Waals surface area contributed by atoms with E-state index in [4.69, 9.17) is 32.7 Å². The van der Waals surface area contributed by atoms with Crippen molar-refractivity contribution in [1.29, 1.82) is 0 Å². The highest BCUT2D eigenvalue weighted by atomic mass is 35.5. The van der Waals surface area contributed by atoms with Gasteiger partial charge in [0.1, 0.15) is 6.04 Å². The van der Waals surface area contributed by atoms with Crippen molar-refractivity contribution >= 4 is 78.4 Å². The fraction of sp³-hybridized carbons (Fsp3) is 0.242. The Labute approximate surface area is 305 Å². The molecule has 4 aromatic rings. The minimum Gasteiger partial charge on any atom is -0.493 e. The molecule has 0 aromatic heterocycles. The maximum atomic E-state index is 13.8. The Morgan fingerprint density at radius 2 is 1.39 bits per heavy atom. The number of carbonyl (C=O) groups is 1. The van der Waals surface area contributed by atoms with Crippen LogP contribution in [0.25, 0.3) is 0 Å². The van der Waals surface area contributed by atoms with Crippen molar-refractivity contribution in [2.24, 2.45) is 0 Å². The largest absolute Gasteiger partial charge is 0.493 e. The first-order valence-corrected chi connectivity index (χ1v) is 20.6. The van der Waals surface area contributed by atoms with Gasteiger partial charge in [-0.2, -0.15) is 8.61 Å². The second-order valence-electron chi connectivity index (χ2n) is 10.6. The summed E-state index contributed by atoms with van der Waals surface area (Å²) in [6.07, 6.45) is 0. The number of hydrogen-bond acceptors (Lipinski definition) is 9. The fourth-order valence-corrected chi connectivity index (χ4v) is 11.6. The van der Waals surface area contributed by atoms with Crippen molar-refractivity contribution in [1.82, 2.24) is 8.61 Å². The highest BCUT2D eigenvalue weighted by Crippen LogP contribution is 2.46. The number of amides is 1. The summed E-state index contributed by atoms with van der Waals surface area (Å²) in [4.78, 5) is 13.6. The zero-order chi connectivity index (χ0) is 35.2. The first-order valence-electron chi connectivity index (χ1n) is 14.8. The molecule has 1 N–H and O–H groups in total. The molecule has 49 heavy (non-hydrogen) atoms. The predicted molar refractivity (Wildman–Crippen MR) is 197 cm³/mol. The molecule has 1 amide bonds. The second-order valence-corrected chi connectivity index (χ2v) is 17.5. The topological polar surface area (TPSA) is 122 Å². The monoisotopic (exact) mass is 781 g/mol. The second kappa shape index (κ2) is 16.4. The summed E-state index contributed by atoms with van der Waals surface area (Å²) in [6.45, 7) is 0.593. The van der Waals surface area contributed by atoms with Gasteiger partial charge in [-0.15, -0.1) is 23.5 Å². The van der Waals surface area contributed by atoms with Gasteiger partial charge in [0.2, 0.25) is 26.0 Å². The van der Waals surface area contributed by atoms with Crippen LogP contribution >= 0.6 is 46.7 Å². The lowest BCUT2D eigenvalue weighted by molar-refractivity contribution is -0.119. The molecule has 0 spiro atoms. The minimum absolute atomic E-state index is 0.0578. The van der Waals surface area contributed by atoms with Crippen LogP contribution in [0.4, 0.5) is 5.69 Å². The van der Waals surface area contributed by atoms with Crippen LogP contribution in [0.2, 0.25) is 10.0 Å². The first kappa shape index (κ1) is 37.3. The molecule has 2 atom stereocenters. The lowest BCUT2D eigenvalue weighted by Crippen LogP contribution is -2.45. The number of carbonyl (C=O) groups excluding carboxylic acids is 1. The molecule has 0 aliphatic carbocycles. The Morgan fingerprint density at radius 3 is 1.94 bits per heavy atom. The van der Waals surface area contributed by atoms with E-state index < -0.39 is 37.4 Å². The summed E-state index contributed by atoms with van der Waals surface area (Å²) in [5.74, 6) is 2.29. The van der Waals surface area contributed by atoms with E-state index in [0.29, 0.717) is 50.1 Å². The van der Waals surface area contributed by atoms with Crippen molar-refractivity contribution in [3.63, 3.8) is 0 Å². The van der Waals surface area contributed by atoms with Gasteiger partial charge in [0.05, 0.1) is 35.3 Å². The Morgan fingerprint density at radius 1 is 0.796 bits per heavy atom. The van der Waals surface area contributed by atoms with Gasteiger partial charge < -0.3 is 14.8 Å². The highest BCUT2D eigenvalue weighted by molar-refractivity contribution is 8.01. The van der Waals surface area contributed by atoms with Crippen molar-refractivity contribution in [2.75, 3.05) is 43.5 Å². The van der Waals surface area contributed by atoms with Gasteiger partial charge in [-0.1, -0.05) is 47.5 Å². The number of ether oxygens (including phenoxy) is 2. The summed E-state index contributed by atoms with van der Waals surface area (Å²) in [5, 5.41) is 3.16. The van der Waals surface area contributed by atoms with Crippen LogP contribution in [0.5, 0.6) is 11.5 Å². The maximum Gasteiger partial charge on any atom is 0.245 e. The summed E-state index contributed by atoms with van der Waals surface area (Å²) >= 11 is 14.7. The molecular weight excluding hydrogens is 750 g/mol. The van der Waals surface area contributed by atoms with E-state index in [2.05, 4.69) is 5.32 Å². The quantitative estimate of drug-likeness (QED) is 0.195. The summed E-state index contributed by atoms with van der Waals surface area (Å²) < 4.78 is 65.1. The first-order chi connectivity index (χ1) is 23.4. The normalized spacial score (nSPS) is 18.4. The average molecular weight is 783 g/mol. The molecule has 16 heteroatoms. The number of anilines is 1. The Hall–Kier alpha value is -2.95. The third-order valence-electron chi connectivity index (χ3n) is 7.55. The van der Waals surface area contributed by atoms with E-state index in [1.54, 1.807) is 78.5 Å². The maximum absolute atomic E-state index is 13.8. The van der Waals surface area contributed by atoms with Crippen LogP contribution in [0, 0.1) is 0 Å². The molecule has 2 aliphatic heterocycles. The zero-order valence-electron chi connectivity index (χ0n) is 26.4. The van der Waals surface area contributed by atoms with Gasteiger partial charge in [-0.25, -0.2) is 16.8 Å². The van der Waals surface area contributed by atoms with E-state index >= 15 is 0 Å². The standard InChI is InChI=1S/C24H23ClN2O5S2.C9H10ClNO2S2/c1-31-21-13-8-16(14-22(21)32-2)24-27(34(29,30)19-11-9-17(25)10-12-19)20(15-33-24)23(28)26-18-6-4-3-5-7-18;10-8-1-3-9(4-2-8)15(12,13)11-5-6-14-7-11/h3-14,20,24H,15H2,1-2H3,(H,26,28);1-4H,5-7H2/t20-,24?;/m1./s1. The number of rotatable bonds is 9. The number of thioether (sulfide) groups is 2. The zero-order valence-corrected chi connectivity index (χ0v) is 31.1. The number of nitrogens with zero attached hydrogens (tertiary/aromatic N) is 2. The van der Waals surface area contributed by atoms with Crippen molar-refractivity contribution in [2.45, 2.75) is 21.2 Å². The van der Waals surface area contributed by atoms with Crippen LogP contribution < -0.4 is 14.8 Å². The van der Waals surface area contributed by atoms with E-state index in [-0.39, 0.29) is 10.6 Å². The number of benzene rings is 4. The van der Waals surface area contributed by atoms with Gasteiger partial charge >= 0.3 is 0 Å². The van der Waals surface area contributed by atoms with E-state index in [1.807, 2.05) is 6.07 Å². The van der Waals surface area contributed by atoms with Crippen LogP contribution in [0.1, 0.15) is 10.9 Å². The minimum atomic E-state index is -4.05. The summed E-state index contributed by atoms with van der Waals surface area (Å²) in [6, 6.07) is 25.4. The predicted octanol–water partition coefficient (Wildman–Crippen LogP) is 6.84. The molecule has 2 fully saturated rings. The van der Waals surface area contributed by atoms with Gasteiger partial charge in [0.15, 0.2) is 11.5 Å². The molecule has 10 nitrogen and oxygen atoms in total. The average Bonchev–Trinajstić information content (AvgIpc) is 3.82. The third-order valence-corrected chi connectivity index (χ3v) is 14.4. The van der Waals surface area contributed by atoms with Gasteiger partial charge in [-0.3, -0.25) is 4.79 Å². The molecular formula is C33H33Cl2N3O7S4. The SMILES string of the molecule is COc1ccc(C2SC[C@H](C(=O)Nc3ccccc3)N2S(=O)(=O)c2ccc(Cl)cc2)cc1OC.O=S(=O)(c1ccc(Cl)cc1)N1CCSC1. The van der Waals surface area contributed by atoms with E-state index in [9.17, 15) is 21.6 Å². The molecule has 2 saturated heterocycles. The van der Waals surface area contributed by atoms with E-state index in [1.165, 1.54) is 58.9 Å². The Bertz CT molecular complexity index is 1960.